The van der Waals surface area contributed by atoms with Gasteiger partial charge in [0.25, 0.3) is 5.91 Å². The summed E-state index contributed by atoms with van der Waals surface area (Å²) < 4.78 is 32.8. The molecule has 0 heterocycles. The predicted octanol–water partition coefficient (Wildman–Crippen LogP) is 3.04. The second-order valence-electron chi connectivity index (χ2n) is 6.32. The van der Waals surface area contributed by atoms with Crippen LogP contribution in [0.2, 0.25) is 0 Å². The van der Waals surface area contributed by atoms with E-state index in [1.807, 2.05) is 12.1 Å². The van der Waals surface area contributed by atoms with Crippen LogP contribution >= 0.6 is 0 Å². The van der Waals surface area contributed by atoms with Crippen molar-refractivity contribution in [3.8, 4) is 5.75 Å². The zero-order valence-corrected chi connectivity index (χ0v) is 15.4. The van der Waals surface area contributed by atoms with Gasteiger partial charge in [-0.05, 0) is 24.1 Å². The van der Waals surface area contributed by atoms with Gasteiger partial charge >= 0.3 is 0 Å². The predicted molar refractivity (Wildman–Crippen MR) is 97.3 cm³/mol. The zero-order chi connectivity index (χ0) is 20.0. The summed E-state index contributed by atoms with van der Waals surface area (Å²) in [5.74, 6) is -3.07. The molecule has 144 valence electrons. The van der Waals surface area contributed by atoms with E-state index in [2.05, 4.69) is 10.6 Å². The fourth-order valence-corrected chi connectivity index (χ4v) is 2.60. The van der Waals surface area contributed by atoms with Gasteiger partial charge in [0.2, 0.25) is 5.91 Å². The van der Waals surface area contributed by atoms with E-state index in [4.69, 9.17) is 4.74 Å². The quantitative estimate of drug-likeness (QED) is 0.781. The lowest BCUT2D eigenvalue weighted by Gasteiger charge is -2.22. The van der Waals surface area contributed by atoms with E-state index in [0.717, 1.165) is 17.7 Å². The maximum atomic E-state index is 13.8. The summed E-state index contributed by atoms with van der Waals surface area (Å²) >= 11 is 0. The highest BCUT2D eigenvalue weighted by Gasteiger charge is 2.27. The van der Waals surface area contributed by atoms with Crippen LogP contribution in [0.5, 0.6) is 5.75 Å². The highest BCUT2D eigenvalue weighted by atomic mass is 19.1. The third kappa shape index (κ3) is 5.03. The topological polar surface area (TPSA) is 67.4 Å². The van der Waals surface area contributed by atoms with Gasteiger partial charge in [-0.15, -0.1) is 0 Å². The van der Waals surface area contributed by atoms with E-state index in [-0.39, 0.29) is 12.5 Å². The molecule has 2 rings (SSSR count). The van der Waals surface area contributed by atoms with Crippen molar-refractivity contribution in [1.29, 1.82) is 0 Å². The third-order valence-electron chi connectivity index (χ3n) is 4.07. The number of hydrogen-bond donors (Lipinski definition) is 2. The van der Waals surface area contributed by atoms with Crippen LogP contribution in [-0.2, 0) is 11.3 Å². The Morgan fingerprint density at radius 1 is 1.04 bits per heavy atom. The average molecular weight is 376 g/mol. The van der Waals surface area contributed by atoms with Gasteiger partial charge in [-0.1, -0.05) is 38.1 Å². The molecular weight excluding hydrogens is 354 g/mol. The van der Waals surface area contributed by atoms with Gasteiger partial charge in [0.05, 0.1) is 7.11 Å². The number of methoxy groups -OCH3 is 1. The van der Waals surface area contributed by atoms with Crippen molar-refractivity contribution in [3.05, 3.63) is 65.2 Å². The van der Waals surface area contributed by atoms with Crippen molar-refractivity contribution in [2.24, 2.45) is 5.92 Å². The summed E-state index contributed by atoms with van der Waals surface area (Å²) in [6.07, 6.45) is 0. The standard InChI is InChI=1S/C20H22F2N2O3/c1-12(2)18(24-19(25)17-14(21)8-6-9-15(17)22)20(26)23-11-13-7-4-5-10-16(13)27-3/h4-10,12,18H,11H2,1-3H3,(H,23,26)(H,24,25)/t18-/m0/s1. The Bertz CT molecular complexity index is 804. The number of carbonyl (C=O) groups excluding carboxylic acids is 2. The van der Waals surface area contributed by atoms with E-state index in [1.165, 1.54) is 13.2 Å². The van der Waals surface area contributed by atoms with Gasteiger partial charge in [0.15, 0.2) is 0 Å². The second kappa shape index (κ2) is 9.12. The first kappa shape index (κ1) is 20.4. The molecule has 2 N–H and O–H groups in total. The first-order valence-corrected chi connectivity index (χ1v) is 8.49. The number of para-hydroxylation sites is 1. The lowest BCUT2D eigenvalue weighted by molar-refractivity contribution is -0.124. The molecular formula is C20H22F2N2O3. The fraction of sp³-hybridized carbons (Fsp3) is 0.300. The van der Waals surface area contributed by atoms with Crippen LogP contribution in [0.3, 0.4) is 0 Å². The zero-order valence-electron chi connectivity index (χ0n) is 15.4. The maximum Gasteiger partial charge on any atom is 0.257 e. The van der Waals surface area contributed by atoms with Crippen molar-refractivity contribution in [3.63, 3.8) is 0 Å². The van der Waals surface area contributed by atoms with Crippen molar-refractivity contribution in [1.82, 2.24) is 10.6 Å². The molecule has 0 aromatic heterocycles. The summed E-state index contributed by atoms with van der Waals surface area (Å²) in [7, 11) is 1.53. The van der Waals surface area contributed by atoms with E-state index in [9.17, 15) is 18.4 Å². The third-order valence-corrected chi connectivity index (χ3v) is 4.07. The Kier molecular flexibility index (Phi) is 6.87. The van der Waals surface area contributed by atoms with Crippen LogP contribution in [0.25, 0.3) is 0 Å². The van der Waals surface area contributed by atoms with E-state index in [1.54, 1.807) is 26.0 Å². The first-order chi connectivity index (χ1) is 12.8. The number of benzene rings is 2. The molecule has 27 heavy (non-hydrogen) atoms. The highest BCUT2D eigenvalue weighted by Crippen LogP contribution is 2.17. The summed E-state index contributed by atoms with van der Waals surface area (Å²) in [5.41, 5.74) is 0.0583. The van der Waals surface area contributed by atoms with Gasteiger partial charge in [-0.2, -0.15) is 0 Å². The van der Waals surface area contributed by atoms with E-state index >= 15 is 0 Å². The van der Waals surface area contributed by atoms with Crippen molar-refractivity contribution in [2.45, 2.75) is 26.4 Å². The molecule has 0 unspecified atom stereocenters. The molecule has 0 bridgehead atoms. The first-order valence-electron chi connectivity index (χ1n) is 8.49. The largest absolute Gasteiger partial charge is 0.496 e. The minimum absolute atomic E-state index is 0.190. The van der Waals surface area contributed by atoms with E-state index < -0.39 is 35.1 Å². The average Bonchev–Trinajstić information content (AvgIpc) is 2.64. The molecule has 0 spiro atoms. The number of carbonyl (C=O) groups is 2. The molecule has 1 atom stereocenters. The van der Waals surface area contributed by atoms with Crippen LogP contribution in [0, 0.1) is 17.6 Å². The molecule has 0 radical (unpaired) electrons. The van der Waals surface area contributed by atoms with Gasteiger partial charge < -0.3 is 15.4 Å². The number of nitrogens with one attached hydrogen (secondary N) is 2. The minimum Gasteiger partial charge on any atom is -0.496 e. The summed E-state index contributed by atoms with van der Waals surface area (Å²) in [4.78, 5) is 24.8. The Balaban J connectivity index is 2.10. The molecule has 0 aliphatic rings. The van der Waals surface area contributed by atoms with Crippen molar-refractivity contribution < 1.29 is 23.1 Å². The molecule has 0 aliphatic carbocycles. The van der Waals surface area contributed by atoms with Crippen LogP contribution < -0.4 is 15.4 Å². The smallest absolute Gasteiger partial charge is 0.257 e. The fourth-order valence-electron chi connectivity index (χ4n) is 2.60. The lowest BCUT2D eigenvalue weighted by atomic mass is 10.0. The summed E-state index contributed by atoms with van der Waals surface area (Å²) in [6.45, 7) is 3.65. The lowest BCUT2D eigenvalue weighted by Crippen LogP contribution is -2.49. The molecule has 5 nitrogen and oxygen atoms in total. The summed E-state index contributed by atoms with van der Waals surface area (Å²) in [5, 5.41) is 5.14. The maximum absolute atomic E-state index is 13.8. The molecule has 2 aromatic carbocycles. The molecule has 2 aromatic rings. The number of hydrogen-bond acceptors (Lipinski definition) is 3. The molecule has 2 amide bonds. The van der Waals surface area contributed by atoms with Crippen LogP contribution in [0.15, 0.2) is 42.5 Å². The van der Waals surface area contributed by atoms with Gasteiger partial charge in [-0.25, -0.2) is 8.78 Å². The molecule has 0 saturated carbocycles. The number of ether oxygens (including phenoxy) is 1. The van der Waals surface area contributed by atoms with Crippen molar-refractivity contribution >= 4 is 11.8 Å². The molecule has 0 fully saturated rings. The van der Waals surface area contributed by atoms with Crippen LogP contribution in [0.4, 0.5) is 8.78 Å². The van der Waals surface area contributed by atoms with Gasteiger partial charge in [-0.3, -0.25) is 9.59 Å². The number of halogens is 2. The summed E-state index contributed by atoms with van der Waals surface area (Å²) in [6, 6.07) is 9.39. The number of rotatable bonds is 7. The molecule has 7 heteroatoms. The Morgan fingerprint density at radius 2 is 1.67 bits per heavy atom. The normalized spacial score (nSPS) is 11.8. The molecule has 0 saturated heterocycles. The number of amides is 2. The molecule has 0 aliphatic heterocycles. The monoisotopic (exact) mass is 376 g/mol. The Hall–Kier alpha value is -2.96. The van der Waals surface area contributed by atoms with Gasteiger partial charge in [0.1, 0.15) is 29.0 Å². The highest BCUT2D eigenvalue weighted by molar-refractivity contribution is 5.98. The van der Waals surface area contributed by atoms with Crippen LogP contribution in [-0.4, -0.2) is 25.0 Å². The second-order valence-corrected chi connectivity index (χ2v) is 6.32. The Morgan fingerprint density at radius 3 is 2.26 bits per heavy atom. The SMILES string of the molecule is COc1ccccc1CNC(=O)[C@@H](NC(=O)c1c(F)cccc1F)C(C)C. The van der Waals surface area contributed by atoms with Crippen molar-refractivity contribution in [2.75, 3.05) is 7.11 Å². The Labute approximate surface area is 156 Å². The van der Waals surface area contributed by atoms with E-state index in [0.29, 0.717) is 5.75 Å². The van der Waals surface area contributed by atoms with Crippen LogP contribution in [0.1, 0.15) is 29.8 Å². The minimum atomic E-state index is -0.982. The van der Waals surface area contributed by atoms with Gasteiger partial charge in [0, 0.05) is 12.1 Å².